The first-order valence-corrected chi connectivity index (χ1v) is 16.4. The van der Waals surface area contributed by atoms with E-state index in [0.29, 0.717) is 22.1 Å². The van der Waals surface area contributed by atoms with Crippen molar-refractivity contribution in [1.29, 1.82) is 0 Å². The van der Waals surface area contributed by atoms with E-state index in [0.717, 1.165) is 4.31 Å². The first kappa shape index (κ1) is 30.8. The molecule has 0 radical (unpaired) electrons. The van der Waals surface area contributed by atoms with Crippen LogP contribution >= 0.6 is 30.8 Å². The topological polar surface area (TPSA) is 136 Å². The molecule has 216 valence electrons. The van der Waals surface area contributed by atoms with Gasteiger partial charge in [-0.25, -0.2) is 17.5 Å². The summed E-state index contributed by atoms with van der Waals surface area (Å²) in [7, 11) is -9.64. The number of carbonyl (C=O) groups is 1. The van der Waals surface area contributed by atoms with Crippen molar-refractivity contribution in [1.82, 2.24) is 0 Å². The van der Waals surface area contributed by atoms with Crippen LogP contribution in [0.5, 0.6) is 0 Å². The van der Waals surface area contributed by atoms with Crippen molar-refractivity contribution < 1.29 is 27.6 Å². The number of halogens is 2. The van der Waals surface area contributed by atoms with Gasteiger partial charge < -0.3 is 20.4 Å². The molecule has 0 aromatic heterocycles. The zero-order valence-corrected chi connectivity index (χ0v) is 25.3. The van der Waals surface area contributed by atoms with E-state index in [4.69, 9.17) is 23.2 Å². The van der Waals surface area contributed by atoms with Crippen LogP contribution in [0.4, 0.5) is 21.9 Å². The number of anilines is 3. The van der Waals surface area contributed by atoms with Gasteiger partial charge >= 0.3 is 13.6 Å². The number of para-hydroxylation sites is 1. The number of amides is 2. The molecule has 2 amide bonds. The summed E-state index contributed by atoms with van der Waals surface area (Å²) < 4.78 is 42.0. The predicted octanol–water partition coefficient (Wildman–Crippen LogP) is 7.68. The third-order valence-electron chi connectivity index (χ3n) is 6.77. The van der Waals surface area contributed by atoms with Crippen molar-refractivity contribution in [3.05, 3.63) is 95.0 Å². The minimum atomic E-state index is -5.06. The largest absolute Gasteiger partial charge is 0.351 e. The van der Waals surface area contributed by atoms with Gasteiger partial charge in [-0.1, -0.05) is 67.4 Å². The maximum absolute atomic E-state index is 14.1. The molecule has 0 heterocycles. The highest BCUT2D eigenvalue weighted by molar-refractivity contribution is 7.93. The van der Waals surface area contributed by atoms with E-state index in [1.165, 1.54) is 44.2 Å². The molecule has 4 rings (SSSR count). The van der Waals surface area contributed by atoms with Gasteiger partial charge in [-0.05, 0) is 78.2 Å². The minimum Gasteiger partial charge on any atom is -0.323 e. The molecule has 0 aliphatic carbocycles. The Bertz CT molecular complexity index is 1720. The standard InChI is InChI=1S/C28H28Cl2N3O6PS/c1-3-28(4-2,40(35,36)37)33(41(38,39)26-17-21(29)16-22(30)18-26)25-13-11-19-14-24(12-10-20(19)15-25)32-27(34)31-23-8-6-5-7-9-23/h5-18H,3-4H2,1-2H3,(H2,31,32,34)(H2,35,36,37). The van der Waals surface area contributed by atoms with E-state index < -0.39 is 28.9 Å². The van der Waals surface area contributed by atoms with Gasteiger partial charge in [-0.15, -0.1) is 0 Å². The highest BCUT2D eigenvalue weighted by Gasteiger charge is 2.54. The van der Waals surface area contributed by atoms with E-state index in [1.54, 1.807) is 48.5 Å². The number of rotatable bonds is 9. The SMILES string of the molecule is CCC(CC)(N(c1ccc2cc(NC(=O)Nc3ccccc3)ccc2c1)S(=O)(=O)c1cc(Cl)cc(Cl)c1)P(=O)(O)O. The van der Waals surface area contributed by atoms with Crippen LogP contribution in [0.15, 0.2) is 89.8 Å². The summed E-state index contributed by atoms with van der Waals surface area (Å²) in [5.74, 6) is 0. The molecule has 0 spiro atoms. The van der Waals surface area contributed by atoms with Crippen LogP contribution < -0.4 is 14.9 Å². The van der Waals surface area contributed by atoms with Crippen LogP contribution in [0.1, 0.15) is 26.7 Å². The number of benzene rings is 4. The fraction of sp³-hybridized carbons (Fsp3) is 0.179. The Morgan fingerprint density at radius 1 is 0.829 bits per heavy atom. The lowest BCUT2D eigenvalue weighted by Crippen LogP contribution is -2.51. The lowest BCUT2D eigenvalue weighted by Gasteiger charge is -2.43. The number of fused-ring (bicyclic) bond motifs is 1. The van der Waals surface area contributed by atoms with Crippen molar-refractivity contribution in [2.24, 2.45) is 0 Å². The second kappa shape index (κ2) is 12.0. The van der Waals surface area contributed by atoms with Gasteiger partial charge in [0.2, 0.25) is 0 Å². The molecule has 13 heteroatoms. The molecule has 4 aromatic carbocycles. The number of carbonyl (C=O) groups excluding carboxylic acids is 1. The second-order valence-electron chi connectivity index (χ2n) is 9.30. The summed E-state index contributed by atoms with van der Waals surface area (Å²) in [5, 5.41) is 4.74. The van der Waals surface area contributed by atoms with E-state index in [9.17, 15) is 27.6 Å². The Morgan fingerprint density at radius 3 is 1.98 bits per heavy atom. The van der Waals surface area contributed by atoms with E-state index in [-0.39, 0.29) is 33.5 Å². The van der Waals surface area contributed by atoms with Crippen molar-refractivity contribution in [2.75, 3.05) is 14.9 Å². The molecule has 41 heavy (non-hydrogen) atoms. The van der Waals surface area contributed by atoms with Crippen LogP contribution in [0, 0.1) is 0 Å². The fourth-order valence-electron chi connectivity index (χ4n) is 4.71. The van der Waals surface area contributed by atoms with Crippen LogP contribution in [-0.4, -0.2) is 29.5 Å². The number of hydrogen-bond acceptors (Lipinski definition) is 4. The molecule has 9 nitrogen and oxygen atoms in total. The third-order valence-corrected chi connectivity index (χ3v) is 11.1. The van der Waals surface area contributed by atoms with Gasteiger partial charge in [0.05, 0.1) is 10.6 Å². The van der Waals surface area contributed by atoms with Gasteiger partial charge in [-0.2, -0.15) is 0 Å². The molecule has 0 atom stereocenters. The molecule has 4 N–H and O–H groups in total. The summed E-state index contributed by atoms with van der Waals surface area (Å²) in [6.45, 7) is 3.05. The van der Waals surface area contributed by atoms with Crippen LogP contribution in [0.25, 0.3) is 10.8 Å². The maximum atomic E-state index is 14.1. The van der Waals surface area contributed by atoms with E-state index >= 15 is 0 Å². The van der Waals surface area contributed by atoms with Crippen molar-refractivity contribution in [3.63, 3.8) is 0 Å². The van der Waals surface area contributed by atoms with Gasteiger partial charge in [0.1, 0.15) is 0 Å². The highest BCUT2D eigenvalue weighted by Crippen LogP contribution is 2.59. The molecular formula is C28H28Cl2N3O6PS. The zero-order chi connectivity index (χ0) is 30.0. The van der Waals surface area contributed by atoms with Gasteiger partial charge in [0, 0.05) is 21.4 Å². The Hall–Kier alpha value is -3.11. The molecule has 0 aliphatic heterocycles. The molecule has 0 fully saturated rings. The summed E-state index contributed by atoms with van der Waals surface area (Å²) in [4.78, 5) is 33.2. The Morgan fingerprint density at radius 2 is 1.39 bits per heavy atom. The average Bonchev–Trinajstić information content (AvgIpc) is 2.90. The number of nitrogens with one attached hydrogen (secondary N) is 2. The minimum absolute atomic E-state index is 0.0446. The average molecular weight is 636 g/mol. The van der Waals surface area contributed by atoms with E-state index in [1.807, 2.05) is 6.07 Å². The predicted molar refractivity (Wildman–Crippen MR) is 165 cm³/mol. The quantitative estimate of drug-likeness (QED) is 0.139. The van der Waals surface area contributed by atoms with Crippen molar-refractivity contribution in [2.45, 2.75) is 36.9 Å². The summed E-state index contributed by atoms with van der Waals surface area (Å²) in [5.41, 5.74) is 1.16. The molecule has 0 saturated carbocycles. The lowest BCUT2D eigenvalue weighted by atomic mass is 10.1. The number of hydrogen-bond donors (Lipinski definition) is 4. The van der Waals surface area contributed by atoms with Crippen LogP contribution in [0.3, 0.4) is 0 Å². The molecule has 0 unspecified atom stereocenters. The first-order chi connectivity index (χ1) is 19.3. The Labute approximate surface area is 248 Å². The molecule has 0 aliphatic rings. The fourth-order valence-corrected chi connectivity index (χ4v) is 9.04. The van der Waals surface area contributed by atoms with Gasteiger partial charge in [-0.3, -0.25) is 4.57 Å². The van der Waals surface area contributed by atoms with Crippen LogP contribution in [0.2, 0.25) is 10.0 Å². The smallest absolute Gasteiger partial charge is 0.323 e. The first-order valence-electron chi connectivity index (χ1n) is 12.5. The number of urea groups is 1. The van der Waals surface area contributed by atoms with E-state index in [2.05, 4.69) is 10.6 Å². The molecular weight excluding hydrogens is 608 g/mol. The highest BCUT2D eigenvalue weighted by atomic mass is 35.5. The molecule has 4 aromatic rings. The summed E-state index contributed by atoms with van der Waals surface area (Å²) >= 11 is 12.2. The second-order valence-corrected chi connectivity index (χ2v) is 13.9. The maximum Gasteiger partial charge on any atom is 0.351 e. The van der Waals surface area contributed by atoms with Gasteiger partial charge in [0.15, 0.2) is 5.28 Å². The van der Waals surface area contributed by atoms with Gasteiger partial charge in [0.25, 0.3) is 10.0 Å². The third kappa shape index (κ3) is 6.38. The molecule has 0 bridgehead atoms. The summed E-state index contributed by atoms with van der Waals surface area (Å²) in [6.07, 6.45) is -0.364. The van der Waals surface area contributed by atoms with Crippen LogP contribution in [-0.2, 0) is 14.6 Å². The summed E-state index contributed by atoms with van der Waals surface area (Å²) in [6, 6.07) is 21.9. The Balaban J connectivity index is 1.79. The molecule has 0 saturated heterocycles. The number of sulfonamides is 1. The van der Waals surface area contributed by atoms with Crippen molar-refractivity contribution in [3.8, 4) is 0 Å². The monoisotopic (exact) mass is 635 g/mol. The Kier molecular flexibility index (Phi) is 9.04. The van der Waals surface area contributed by atoms with Crippen molar-refractivity contribution >= 4 is 74.7 Å². The normalized spacial score (nSPS) is 12.2. The lowest BCUT2D eigenvalue weighted by molar-refractivity contribution is 0.262. The number of nitrogens with zero attached hydrogens (tertiary/aromatic N) is 1. The zero-order valence-electron chi connectivity index (χ0n) is 22.1.